The maximum atomic E-state index is 11.9. The Hall–Kier alpha value is -0.700. The lowest BCUT2D eigenvalue weighted by molar-refractivity contribution is -0.131. The molecule has 2 fully saturated rings. The third kappa shape index (κ3) is 4.91. The Bertz CT molecular complexity index is 476. The molecule has 128 valence electrons. The van der Waals surface area contributed by atoms with Crippen molar-refractivity contribution in [2.45, 2.75) is 25.8 Å². The number of hydrogen-bond acceptors (Lipinski definition) is 5. The summed E-state index contributed by atoms with van der Waals surface area (Å²) in [5.74, 6) is 0.0299. The fraction of sp³-hybridized carbons (Fsp3) is 0.929. The molecule has 0 radical (unpaired) electrons. The SMILES string of the molecule is CC(=O)N(CCCN1CCOCC1)C1CCN(S(C)(=O)=O)C1. The summed E-state index contributed by atoms with van der Waals surface area (Å²) in [6.07, 6.45) is 2.87. The molecule has 0 aromatic heterocycles. The van der Waals surface area contributed by atoms with Crippen LogP contribution in [-0.2, 0) is 19.6 Å². The van der Waals surface area contributed by atoms with Crippen molar-refractivity contribution < 1.29 is 17.9 Å². The minimum atomic E-state index is -3.16. The minimum absolute atomic E-state index is 0.0110. The summed E-state index contributed by atoms with van der Waals surface area (Å²) < 4.78 is 30.0. The van der Waals surface area contributed by atoms with Crippen molar-refractivity contribution in [2.75, 3.05) is 58.7 Å². The molecule has 8 heteroatoms. The first-order valence-electron chi connectivity index (χ1n) is 7.90. The van der Waals surface area contributed by atoms with E-state index in [-0.39, 0.29) is 11.9 Å². The first-order valence-corrected chi connectivity index (χ1v) is 9.75. The zero-order chi connectivity index (χ0) is 16.2. The fourth-order valence-corrected chi connectivity index (χ4v) is 4.03. The van der Waals surface area contributed by atoms with Gasteiger partial charge in [-0.15, -0.1) is 0 Å². The van der Waals surface area contributed by atoms with Gasteiger partial charge in [-0.05, 0) is 12.8 Å². The van der Waals surface area contributed by atoms with Gasteiger partial charge in [-0.2, -0.15) is 0 Å². The summed E-state index contributed by atoms with van der Waals surface area (Å²) in [6.45, 7) is 7.61. The predicted molar refractivity (Wildman–Crippen MR) is 84.1 cm³/mol. The highest BCUT2D eigenvalue weighted by Crippen LogP contribution is 2.18. The van der Waals surface area contributed by atoms with Gasteiger partial charge in [-0.25, -0.2) is 12.7 Å². The molecule has 0 spiro atoms. The molecule has 7 nitrogen and oxygen atoms in total. The molecule has 1 atom stereocenters. The summed E-state index contributed by atoms with van der Waals surface area (Å²) in [4.78, 5) is 16.1. The lowest BCUT2D eigenvalue weighted by Gasteiger charge is -2.30. The number of carbonyl (C=O) groups excluding carboxylic acids is 1. The van der Waals surface area contributed by atoms with E-state index in [2.05, 4.69) is 4.90 Å². The molecule has 2 saturated heterocycles. The lowest BCUT2D eigenvalue weighted by atomic mass is 10.2. The molecule has 0 aliphatic carbocycles. The average Bonchev–Trinajstić information content (AvgIpc) is 2.94. The van der Waals surface area contributed by atoms with Gasteiger partial charge in [0.05, 0.1) is 19.5 Å². The topological polar surface area (TPSA) is 70.2 Å². The molecule has 2 aliphatic rings. The summed E-state index contributed by atoms with van der Waals surface area (Å²) in [5.41, 5.74) is 0. The molecule has 0 aromatic rings. The van der Waals surface area contributed by atoms with Crippen LogP contribution in [-0.4, -0.2) is 93.2 Å². The van der Waals surface area contributed by atoms with Crippen molar-refractivity contribution in [3.8, 4) is 0 Å². The van der Waals surface area contributed by atoms with Crippen LogP contribution in [0.25, 0.3) is 0 Å². The highest BCUT2D eigenvalue weighted by Gasteiger charge is 2.33. The molecule has 1 unspecified atom stereocenters. The number of amides is 1. The first kappa shape index (κ1) is 17.7. The maximum Gasteiger partial charge on any atom is 0.219 e. The Morgan fingerprint density at radius 1 is 1.27 bits per heavy atom. The van der Waals surface area contributed by atoms with Crippen LogP contribution in [0.3, 0.4) is 0 Å². The number of morpholine rings is 1. The zero-order valence-electron chi connectivity index (χ0n) is 13.5. The van der Waals surface area contributed by atoms with Gasteiger partial charge in [0.15, 0.2) is 0 Å². The van der Waals surface area contributed by atoms with E-state index in [1.165, 1.54) is 10.6 Å². The maximum absolute atomic E-state index is 11.9. The van der Waals surface area contributed by atoms with E-state index in [1.54, 1.807) is 6.92 Å². The van der Waals surface area contributed by atoms with Crippen molar-refractivity contribution in [1.29, 1.82) is 0 Å². The van der Waals surface area contributed by atoms with E-state index < -0.39 is 10.0 Å². The van der Waals surface area contributed by atoms with Gasteiger partial charge >= 0.3 is 0 Å². The number of ether oxygens (including phenoxy) is 1. The first-order chi connectivity index (χ1) is 10.4. The minimum Gasteiger partial charge on any atom is -0.379 e. The Kier molecular flexibility index (Phi) is 6.19. The van der Waals surface area contributed by atoms with Gasteiger partial charge in [0, 0.05) is 52.2 Å². The van der Waals surface area contributed by atoms with Crippen LogP contribution in [0.5, 0.6) is 0 Å². The Morgan fingerprint density at radius 2 is 1.95 bits per heavy atom. The Labute approximate surface area is 133 Å². The van der Waals surface area contributed by atoms with Crippen LogP contribution >= 0.6 is 0 Å². The number of carbonyl (C=O) groups is 1. The zero-order valence-corrected chi connectivity index (χ0v) is 14.3. The monoisotopic (exact) mass is 333 g/mol. The van der Waals surface area contributed by atoms with Crippen molar-refractivity contribution >= 4 is 15.9 Å². The molecular weight excluding hydrogens is 306 g/mol. The molecule has 2 heterocycles. The summed E-state index contributed by atoms with van der Waals surface area (Å²) in [6, 6.07) is 0.0110. The van der Waals surface area contributed by atoms with Crippen LogP contribution in [0, 0.1) is 0 Å². The van der Waals surface area contributed by atoms with Gasteiger partial charge in [0.25, 0.3) is 0 Å². The van der Waals surface area contributed by atoms with Crippen LogP contribution in [0.4, 0.5) is 0 Å². The molecule has 0 N–H and O–H groups in total. The Balaban J connectivity index is 1.81. The summed E-state index contributed by atoms with van der Waals surface area (Å²) in [7, 11) is -3.16. The van der Waals surface area contributed by atoms with Gasteiger partial charge in [-0.3, -0.25) is 9.69 Å². The number of nitrogens with zero attached hydrogens (tertiary/aromatic N) is 3. The molecule has 2 rings (SSSR count). The lowest BCUT2D eigenvalue weighted by Crippen LogP contribution is -2.43. The number of hydrogen-bond donors (Lipinski definition) is 0. The number of rotatable bonds is 6. The molecule has 1 amide bonds. The van der Waals surface area contributed by atoms with Crippen molar-refractivity contribution in [3.63, 3.8) is 0 Å². The van der Waals surface area contributed by atoms with Gasteiger partial charge < -0.3 is 9.64 Å². The van der Waals surface area contributed by atoms with E-state index in [1.807, 2.05) is 4.90 Å². The van der Waals surface area contributed by atoms with Crippen LogP contribution in [0.2, 0.25) is 0 Å². The van der Waals surface area contributed by atoms with Crippen LogP contribution in [0.1, 0.15) is 19.8 Å². The van der Waals surface area contributed by atoms with Gasteiger partial charge in [0.2, 0.25) is 15.9 Å². The third-order valence-corrected chi connectivity index (χ3v) is 5.69. The van der Waals surface area contributed by atoms with E-state index in [0.717, 1.165) is 45.7 Å². The van der Waals surface area contributed by atoms with Crippen LogP contribution < -0.4 is 0 Å². The number of sulfonamides is 1. The highest BCUT2D eigenvalue weighted by molar-refractivity contribution is 7.88. The molecule has 0 saturated carbocycles. The summed E-state index contributed by atoms with van der Waals surface area (Å²) in [5, 5.41) is 0. The fourth-order valence-electron chi connectivity index (χ4n) is 3.15. The third-order valence-electron chi connectivity index (χ3n) is 4.42. The summed E-state index contributed by atoms with van der Waals surface area (Å²) >= 11 is 0. The normalized spacial score (nSPS) is 24.5. The quantitative estimate of drug-likeness (QED) is 0.661. The highest BCUT2D eigenvalue weighted by atomic mass is 32.2. The van der Waals surface area contributed by atoms with Crippen molar-refractivity contribution in [2.24, 2.45) is 0 Å². The van der Waals surface area contributed by atoms with Gasteiger partial charge in [-0.1, -0.05) is 0 Å². The van der Waals surface area contributed by atoms with Gasteiger partial charge in [0.1, 0.15) is 0 Å². The second kappa shape index (κ2) is 7.72. The molecule has 0 bridgehead atoms. The second-order valence-corrected chi connectivity index (χ2v) is 8.07. The Morgan fingerprint density at radius 3 is 2.50 bits per heavy atom. The second-order valence-electron chi connectivity index (χ2n) is 6.08. The predicted octanol–water partition coefficient (Wildman–Crippen LogP) is -0.409. The van der Waals surface area contributed by atoms with E-state index in [0.29, 0.717) is 19.6 Å². The smallest absolute Gasteiger partial charge is 0.219 e. The standard InChI is InChI=1S/C14H27N3O4S/c1-13(18)17(6-3-5-15-8-10-21-11-9-15)14-4-7-16(12-14)22(2,19)20/h14H,3-12H2,1-2H3. The average molecular weight is 333 g/mol. The molecule has 22 heavy (non-hydrogen) atoms. The van der Waals surface area contributed by atoms with E-state index >= 15 is 0 Å². The molecular formula is C14H27N3O4S. The molecule has 2 aliphatic heterocycles. The van der Waals surface area contributed by atoms with E-state index in [9.17, 15) is 13.2 Å². The van der Waals surface area contributed by atoms with Crippen LogP contribution in [0.15, 0.2) is 0 Å². The van der Waals surface area contributed by atoms with Crippen molar-refractivity contribution in [3.05, 3.63) is 0 Å². The van der Waals surface area contributed by atoms with E-state index in [4.69, 9.17) is 4.74 Å². The molecule has 0 aromatic carbocycles. The largest absolute Gasteiger partial charge is 0.379 e. The van der Waals surface area contributed by atoms with Crippen molar-refractivity contribution in [1.82, 2.24) is 14.1 Å².